The van der Waals surface area contributed by atoms with Crippen molar-refractivity contribution in [3.05, 3.63) is 83.7 Å². The van der Waals surface area contributed by atoms with Crippen molar-refractivity contribution in [3.8, 4) is 0 Å². The predicted octanol–water partition coefficient (Wildman–Crippen LogP) is 1.31. The minimum Gasteiger partial charge on any atom is -0.395 e. The van der Waals surface area contributed by atoms with Gasteiger partial charge < -0.3 is 55.8 Å². The maximum Gasteiger partial charge on any atom is 0.272 e. The number of carbonyl (C=O) groups excluding carboxylic acids is 4. The van der Waals surface area contributed by atoms with E-state index in [0.717, 1.165) is 5.69 Å². The number of nitrogens with zero attached hydrogens (tertiary/aromatic N) is 4. The van der Waals surface area contributed by atoms with Crippen molar-refractivity contribution in [1.82, 2.24) is 19.0 Å². The first-order valence-electron chi connectivity index (χ1n) is 15.0. The average Bonchev–Trinajstić information content (AvgIpc) is 3.71. The van der Waals surface area contributed by atoms with Crippen LogP contribution < -0.4 is 31.9 Å². The molecule has 4 aromatic rings. The highest BCUT2D eigenvalue weighted by molar-refractivity contribution is 6.09. The van der Waals surface area contributed by atoms with E-state index in [9.17, 15) is 29.4 Å². The Morgan fingerprint density at radius 3 is 1.54 bits per heavy atom. The number of benzene rings is 1. The second-order valence-corrected chi connectivity index (χ2v) is 11.0. The van der Waals surface area contributed by atoms with Crippen LogP contribution in [-0.2, 0) is 21.1 Å². The molecule has 0 spiro atoms. The van der Waals surface area contributed by atoms with Crippen LogP contribution in [0.1, 0.15) is 48.2 Å². The SMILES string of the molecule is Cn1cc(NC(=O)c2cc(NC(=O)c3cc(NC(=O)c4ccc(N(CCO)CCO)cc4)cn3C)cn2C)cc1C(=O)NCCC(=N)N. The summed E-state index contributed by atoms with van der Waals surface area (Å²) in [5, 5.41) is 36.8. The summed E-state index contributed by atoms with van der Waals surface area (Å²) in [6.07, 6.45) is 5.01. The molecular formula is C32H40N10O6. The minimum atomic E-state index is -0.462. The van der Waals surface area contributed by atoms with Gasteiger partial charge in [-0.2, -0.15) is 0 Å². The third-order valence-corrected chi connectivity index (χ3v) is 7.40. The first-order chi connectivity index (χ1) is 22.9. The topological polar surface area (TPSA) is 225 Å². The van der Waals surface area contributed by atoms with Crippen molar-refractivity contribution < 1.29 is 29.4 Å². The van der Waals surface area contributed by atoms with Gasteiger partial charge in [-0.1, -0.05) is 0 Å². The Kier molecular flexibility index (Phi) is 11.4. The Labute approximate surface area is 276 Å². The molecule has 3 aromatic heterocycles. The van der Waals surface area contributed by atoms with Gasteiger partial charge in [0.15, 0.2) is 0 Å². The minimum absolute atomic E-state index is 0.0341. The molecule has 4 rings (SSSR count). The van der Waals surface area contributed by atoms with Gasteiger partial charge in [0.2, 0.25) is 0 Å². The Morgan fingerprint density at radius 2 is 1.12 bits per heavy atom. The second kappa shape index (κ2) is 15.6. The van der Waals surface area contributed by atoms with Crippen LogP contribution in [0.15, 0.2) is 61.1 Å². The summed E-state index contributed by atoms with van der Waals surface area (Å²) < 4.78 is 4.68. The maximum absolute atomic E-state index is 13.2. The van der Waals surface area contributed by atoms with Crippen molar-refractivity contribution in [2.45, 2.75) is 6.42 Å². The molecule has 4 amide bonds. The van der Waals surface area contributed by atoms with Gasteiger partial charge >= 0.3 is 0 Å². The summed E-state index contributed by atoms with van der Waals surface area (Å²) in [6, 6.07) is 11.3. The fraction of sp³-hybridized carbons (Fsp3) is 0.281. The van der Waals surface area contributed by atoms with Gasteiger partial charge in [0, 0.05) is 77.0 Å². The number of anilines is 4. The van der Waals surface area contributed by atoms with Crippen LogP contribution >= 0.6 is 0 Å². The number of aliphatic hydroxyl groups excluding tert-OH is 2. The molecule has 0 atom stereocenters. The lowest BCUT2D eigenvalue weighted by molar-refractivity contribution is 0.0944. The van der Waals surface area contributed by atoms with Crippen LogP contribution in [0.5, 0.6) is 0 Å². The molecular weight excluding hydrogens is 620 g/mol. The average molecular weight is 661 g/mol. The molecule has 0 saturated carbocycles. The van der Waals surface area contributed by atoms with Gasteiger partial charge in [0.25, 0.3) is 23.6 Å². The molecule has 0 bridgehead atoms. The van der Waals surface area contributed by atoms with Crippen molar-refractivity contribution in [2.75, 3.05) is 53.7 Å². The number of amides is 4. The highest BCUT2D eigenvalue weighted by Gasteiger charge is 2.19. The number of nitrogens with one attached hydrogen (secondary N) is 5. The molecule has 0 saturated heterocycles. The Bertz CT molecular complexity index is 1800. The van der Waals surface area contributed by atoms with E-state index in [2.05, 4.69) is 21.3 Å². The first-order valence-corrected chi connectivity index (χ1v) is 15.0. The highest BCUT2D eigenvalue weighted by atomic mass is 16.3. The van der Waals surface area contributed by atoms with E-state index in [0.29, 0.717) is 41.4 Å². The molecule has 1 aromatic carbocycles. The Hall–Kier alpha value is -5.87. The summed E-state index contributed by atoms with van der Waals surface area (Å²) >= 11 is 0. The standard InChI is InChI=1S/C32H40N10O6/c1-39-18-22(14-25(39)30(46)35-9-8-28(33)34)37-32(48)27-16-23(19-41(27)3)38-31(47)26-15-21(17-40(26)2)36-29(45)20-4-6-24(7-5-20)42(10-12-43)11-13-44/h4-7,14-19,43-44H,8-13H2,1-3H3,(H3,33,34)(H,35,46)(H,36,45)(H,37,48)(H,38,47). The van der Waals surface area contributed by atoms with E-state index in [-0.39, 0.29) is 55.2 Å². The number of aromatic nitrogens is 3. The van der Waals surface area contributed by atoms with E-state index in [1.165, 1.54) is 18.2 Å². The van der Waals surface area contributed by atoms with Crippen LogP contribution in [0.2, 0.25) is 0 Å². The van der Waals surface area contributed by atoms with E-state index < -0.39 is 11.8 Å². The molecule has 0 radical (unpaired) electrons. The molecule has 0 aliphatic carbocycles. The third kappa shape index (κ3) is 8.68. The summed E-state index contributed by atoms with van der Waals surface area (Å²) in [6.45, 7) is 0.761. The van der Waals surface area contributed by atoms with Gasteiger partial charge in [-0.05, 0) is 42.5 Å². The fourth-order valence-corrected chi connectivity index (χ4v) is 5.01. The number of aryl methyl sites for hydroxylation is 3. The van der Waals surface area contributed by atoms with Crippen molar-refractivity contribution >= 4 is 52.2 Å². The predicted molar refractivity (Wildman–Crippen MR) is 182 cm³/mol. The lowest BCUT2D eigenvalue weighted by Gasteiger charge is -2.23. The summed E-state index contributed by atoms with van der Waals surface area (Å²) in [5.41, 5.74) is 8.46. The number of amidine groups is 1. The fourth-order valence-electron chi connectivity index (χ4n) is 5.01. The Balaban J connectivity index is 1.37. The zero-order valence-electron chi connectivity index (χ0n) is 26.9. The van der Waals surface area contributed by atoms with E-state index in [1.54, 1.807) is 82.6 Å². The molecule has 0 aliphatic heterocycles. The van der Waals surface area contributed by atoms with Gasteiger partial charge in [-0.25, -0.2) is 0 Å². The lowest BCUT2D eigenvalue weighted by Crippen LogP contribution is -2.29. The van der Waals surface area contributed by atoms with Gasteiger partial charge in [0.1, 0.15) is 17.1 Å². The quantitative estimate of drug-likeness (QED) is 0.0684. The summed E-state index contributed by atoms with van der Waals surface area (Å²) in [7, 11) is 4.99. The van der Waals surface area contributed by atoms with Gasteiger partial charge in [-0.3, -0.25) is 24.6 Å². The Morgan fingerprint density at radius 1 is 0.708 bits per heavy atom. The number of hydrogen-bond acceptors (Lipinski definition) is 8. The van der Waals surface area contributed by atoms with Crippen molar-refractivity contribution in [2.24, 2.45) is 26.9 Å². The monoisotopic (exact) mass is 660 g/mol. The normalized spacial score (nSPS) is 10.8. The van der Waals surface area contributed by atoms with Crippen LogP contribution in [-0.4, -0.2) is 86.2 Å². The number of aliphatic hydroxyl groups is 2. The number of carbonyl (C=O) groups is 4. The molecule has 254 valence electrons. The number of hydrogen-bond donors (Lipinski definition) is 8. The zero-order valence-corrected chi connectivity index (χ0v) is 26.9. The van der Waals surface area contributed by atoms with Crippen molar-refractivity contribution in [3.63, 3.8) is 0 Å². The smallest absolute Gasteiger partial charge is 0.272 e. The van der Waals surface area contributed by atoms with Crippen LogP contribution in [0.25, 0.3) is 0 Å². The molecule has 0 unspecified atom stereocenters. The van der Waals surface area contributed by atoms with Crippen LogP contribution in [0, 0.1) is 5.41 Å². The highest BCUT2D eigenvalue weighted by Crippen LogP contribution is 2.21. The third-order valence-electron chi connectivity index (χ3n) is 7.40. The maximum atomic E-state index is 13.2. The molecule has 0 fully saturated rings. The molecule has 0 aliphatic rings. The van der Waals surface area contributed by atoms with E-state index in [1.807, 2.05) is 0 Å². The molecule has 48 heavy (non-hydrogen) atoms. The largest absolute Gasteiger partial charge is 0.395 e. The summed E-state index contributed by atoms with van der Waals surface area (Å²) in [4.78, 5) is 53.4. The molecule has 16 heteroatoms. The molecule has 9 N–H and O–H groups in total. The molecule has 3 heterocycles. The lowest BCUT2D eigenvalue weighted by atomic mass is 10.1. The van der Waals surface area contributed by atoms with E-state index >= 15 is 0 Å². The second-order valence-electron chi connectivity index (χ2n) is 11.0. The van der Waals surface area contributed by atoms with Gasteiger partial charge in [-0.15, -0.1) is 0 Å². The van der Waals surface area contributed by atoms with Crippen molar-refractivity contribution in [1.29, 1.82) is 5.41 Å². The summed E-state index contributed by atoms with van der Waals surface area (Å²) in [5.74, 6) is -1.71. The zero-order chi connectivity index (χ0) is 35.0. The van der Waals surface area contributed by atoms with Gasteiger partial charge in [0.05, 0.1) is 36.1 Å². The molecule has 16 nitrogen and oxygen atoms in total. The number of nitrogens with two attached hydrogens (primary N) is 1. The number of rotatable bonds is 15. The van der Waals surface area contributed by atoms with Crippen LogP contribution in [0.4, 0.5) is 22.7 Å². The van der Waals surface area contributed by atoms with E-state index in [4.69, 9.17) is 11.1 Å². The van der Waals surface area contributed by atoms with Crippen LogP contribution in [0.3, 0.4) is 0 Å². The first kappa shape index (κ1) is 35.0.